The zero-order valence-electron chi connectivity index (χ0n) is 9.57. The van der Waals surface area contributed by atoms with E-state index in [4.69, 9.17) is 5.73 Å². The van der Waals surface area contributed by atoms with E-state index in [-0.39, 0.29) is 5.91 Å². The number of amides is 1. The SMILES string of the molecule is CCC1CCCCN1C(=O)c1cc(N)n[nH]1. The Balaban J connectivity index is 2.13. The number of nitrogens with one attached hydrogen (secondary N) is 1. The highest BCUT2D eigenvalue weighted by molar-refractivity contribution is 5.93. The predicted octanol–water partition coefficient (Wildman–Crippen LogP) is 1.40. The lowest BCUT2D eigenvalue weighted by Crippen LogP contribution is -2.43. The van der Waals surface area contributed by atoms with Gasteiger partial charge in [0.1, 0.15) is 11.5 Å². The Bertz CT molecular complexity index is 374. The number of nitrogens with zero attached hydrogens (tertiary/aromatic N) is 2. The molecule has 5 heteroatoms. The molecule has 1 aliphatic rings. The lowest BCUT2D eigenvalue weighted by molar-refractivity contribution is 0.0602. The van der Waals surface area contributed by atoms with Crippen molar-refractivity contribution >= 4 is 11.7 Å². The van der Waals surface area contributed by atoms with Gasteiger partial charge in [-0.25, -0.2) is 0 Å². The molecule has 0 bridgehead atoms. The van der Waals surface area contributed by atoms with E-state index >= 15 is 0 Å². The molecule has 3 N–H and O–H groups in total. The molecule has 1 fully saturated rings. The van der Waals surface area contributed by atoms with Crippen LogP contribution in [0.5, 0.6) is 0 Å². The molecule has 1 amide bonds. The van der Waals surface area contributed by atoms with Crippen LogP contribution in [0.25, 0.3) is 0 Å². The fourth-order valence-corrected chi connectivity index (χ4v) is 2.29. The molecular formula is C11H18N4O. The summed E-state index contributed by atoms with van der Waals surface area (Å²) in [7, 11) is 0. The normalized spacial score (nSPS) is 21.1. The van der Waals surface area contributed by atoms with Gasteiger partial charge in [0.15, 0.2) is 0 Å². The van der Waals surface area contributed by atoms with Crippen molar-refractivity contribution in [1.82, 2.24) is 15.1 Å². The van der Waals surface area contributed by atoms with Crippen molar-refractivity contribution in [2.75, 3.05) is 12.3 Å². The molecule has 2 rings (SSSR count). The number of likely N-dealkylation sites (tertiary alicyclic amines) is 1. The van der Waals surface area contributed by atoms with Crippen LogP contribution in [-0.4, -0.2) is 33.6 Å². The smallest absolute Gasteiger partial charge is 0.272 e. The van der Waals surface area contributed by atoms with Gasteiger partial charge in [-0.15, -0.1) is 0 Å². The highest BCUT2D eigenvalue weighted by Crippen LogP contribution is 2.21. The summed E-state index contributed by atoms with van der Waals surface area (Å²) in [5.41, 5.74) is 6.00. The van der Waals surface area contributed by atoms with Gasteiger partial charge in [0.05, 0.1) is 0 Å². The molecule has 1 atom stereocenters. The highest BCUT2D eigenvalue weighted by Gasteiger charge is 2.26. The zero-order chi connectivity index (χ0) is 11.5. The van der Waals surface area contributed by atoms with E-state index in [9.17, 15) is 4.79 Å². The predicted molar refractivity (Wildman–Crippen MR) is 62.0 cm³/mol. The van der Waals surface area contributed by atoms with E-state index in [1.807, 2.05) is 4.90 Å². The molecule has 0 spiro atoms. The molecule has 0 saturated carbocycles. The Morgan fingerprint density at radius 2 is 2.50 bits per heavy atom. The third-order valence-electron chi connectivity index (χ3n) is 3.19. The number of aromatic amines is 1. The molecule has 1 aliphatic heterocycles. The molecular weight excluding hydrogens is 204 g/mol. The second-order valence-electron chi connectivity index (χ2n) is 4.26. The monoisotopic (exact) mass is 222 g/mol. The fraction of sp³-hybridized carbons (Fsp3) is 0.636. The van der Waals surface area contributed by atoms with Gasteiger partial charge in [-0.3, -0.25) is 9.89 Å². The number of nitrogen functional groups attached to an aromatic ring is 1. The molecule has 1 aromatic rings. The number of hydrogen-bond acceptors (Lipinski definition) is 3. The van der Waals surface area contributed by atoms with E-state index in [0.717, 1.165) is 25.8 Å². The summed E-state index contributed by atoms with van der Waals surface area (Å²) < 4.78 is 0. The van der Waals surface area contributed by atoms with Gasteiger partial charge >= 0.3 is 0 Å². The highest BCUT2D eigenvalue weighted by atomic mass is 16.2. The number of nitrogens with two attached hydrogens (primary N) is 1. The average Bonchev–Trinajstić information content (AvgIpc) is 2.75. The van der Waals surface area contributed by atoms with Crippen LogP contribution in [0, 0.1) is 0 Å². The molecule has 0 aliphatic carbocycles. The van der Waals surface area contributed by atoms with Crippen molar-refractivity contribution in [3.63, 3.8) is 0 Å². The van der Waals surface area contributed by atoms with E-state index < -0.39 is 0 Å². The van der Waals surface area contributed by atoms with Crippen molar-refractivity contribution in [3.05, 3.63) is 11.8 Å². The van der Waals surface area contributed by atoms with Gasteiger partial charge in [0, 0.05) is 18.7 Å². The molecule has 0 radical (unpaired) electrons. The van der Waals surface area contributed by atoms with E-state index in [1.165, 1.54) is 6.42 Å². The minimum Gasteiger partial charge on any atom is -0.382 e. The first-order chi connectivity index (χ1) is 7.72. The van der Waals surface area contributed by atoms with Crippen LogP contribution in [0.1, 0.15) is 43.1 Å². The van der Waals surface area contributed by atoms with Gasteiger partial charge in [-0.05, 0) is 25.7 Å². The first-order valence-electron chi connectivity index (χ1n) is 5.84. The maximum atomic E-state index is 12.2. The van der Waals surface area contributed by atoms with Crippen molar-refractivity contribution < 1.29 is 4.79 Å². The van der Waals surface area contributed by atoms with Crippen LogP contribution in [0.4, 0.5) is 5.82 Å². The number of carbonyl (C=O) groups is 1. The second-order valence-corrected chi connectivity index (χ2v) is 4.26. The van der Waals surface area contributed by atoms with Crippen LogP contribution < -0.4 is 5.73 Å². The van der Waals surface area contributed by atoms with Crippen LogP contribution in [-0.2, 0) is 0 Å². The van der Waals surface area contributed by atoms with Crippen LogP contribution in [0.2, 0.25) is 0 Å². The third-order valence-corrected chi connectivity index (χ3v) is 3.19. The second kappa shape index (κ2) is 4.55. The summed E-state index contributed by atoms with van der Waals surface area (Å²) in [6, 6.07) is 1.97. The van der Waals surface area contributed by atoms with Crippen LogP contribution >= 0.6 is 0 Å². The zero-order valence-corrected chi connectivity index (χ0v) is 9.57. The first-order valence-corrected chi connectivity index (χ1v) is 5.84. The summed E-state index contributed by atoms with van der Waals surface area (Å²) in [6.45, 7) is 2.97. The van der Waals surface area contributed by atoms with Crippen molar-refractivity contribution in [3.8, 4) is 0 Å². The molecule has 16 heavy (non-hydrogen) atoms. The average molecular weight is 222 g/mol. The number of aromatic nitrogens is 2. The Morgan fingerprint density at radius 1 is 1.69 bits per heavy atom. The maximum Gasteiger partial charge on any atom is 0.272 e. The number of carbonyl (C=O) groups excluding carboxylic acids is 1. The van der Waals surface area contributed by atoms with Gasteiger partial charge in [-0.2, -0.15) is 5.10 Å². The summed E-state index contributed by atoms with van der Waals surface area (Å²) in [5, 5.41) is 6.47. The topological polar surface area (TPSA) is 75.0 Å². The summed E-state index contributed by atoms with van der Waals surface area (Å²) in [4.78, 5) is 14.1. The Hall–Kier alpha value is -1.52. The quantitative estimate of drug-likeness (QED) is 0.794. The summed E-state index contributed by atoms with van der Waals surface area (Å²) >= 11 is 0. The van der Waals surface area contributed by atoms with Gasteiger partial charge < -0.3 is 10.6 Å². The first kappa shape index (κ1) is 11.0. The number of rotatable bonds is 2. The van der Waals surface area contributed by atoms with Gasteiger partial charge in [0.2, 0.25) is 0 Å². The van der Waals surface area contributed by atoms with Crippen molar-refractivity contribution in [2.45, 2.75) is 38.6 Å². The Morgan fingerprint density at radius 3 is 3.12 bits per heavy atom. The van der Waals surface area contributed by atoms with Crippen molar-refractivity contribution in [2.24, 2.45) is 0 Å². The summed E-state index contributed by atoms with van der Waals surface area (Å²) in [5.74, 6) is 0.393. The standard InChI is InChI=1S/C11H18N4O/c1-2-8-5-3-4-6-15(8)11(16)9-7-10(12)14-13-9/h7-8H,2-6H2,1H3,(H3,12,13,14). The number of piperidine rings is 1. The number of hydrogen-bond donors (Lipinski definition) is 2. The van der Waals surface area contributed by atoms with Gasteiger partial charge in [-0.1, -0.05) is 6.92 Å². The molecule has 88 valence electrons. The van der Waals surface area contributed by atoms with E-state index in [0.29, 0.717) is 17.6 Å². The number of anilines is 1. The fourth-order valence-electron chi connectivity index (χ4n) is 2.29. The molecule has 1 saturated heterocycles. The lowest BCUT2D eigenvalue weighted by atomic mass is 9.99. The molecule has 1 aromatic heterocycles. The molecule has 1 unspecified atom stereocenters. The largest absolute Gasteiger partial charge is 0.382 e. The van der Waals surface area contributed by atoms with E-state index in [1.54, 1.807) is 6.07 Å². The minimum absolute atomic E-state index is 0.0238. The van der Waals surface area contributed by atoms with Crippen LogP contribution in [0.15, 0.2) is 6.07 Å². The minimum atomic E-state index is 0.0238. The molecule has 5 nitrogen and oxygen atoms in total. The van der Waals surface area contributed by atoms with E-state index in [2.05, 4.69) is 17.1 Å². The number of H-pyrrole nitrogens is 1. The molecule has 2 heterocycles. The molecule has 0 aromatic carbocycles. The van der Waals surface area contributed by atoms with Crippen molar-refractivity contribution in [1.29, 1.82) is 0 Å². The summed E-state index contributed by atoms with van der Waals surface area (Å²) in [6.07, 6.45) is 4.42. The van der Waals surface area contributed by atoms with Crippen LogP contribution in [0.3, 0.4) is 0 Å². The Kier molecular flexibility index (Phi) is 3.12. The van der Waals surface area contributed by atoms with Gasteiger partial charge in [0.25, 0.3) is 5.91 Å². The third kappa shape index (κ3) is 2.03. The lowest BCUT2D eigenvalue weighted by Gasteiger charge is -2.34. The Labute approximate surface area is 95.0 Å². The maximum absolute atomic E-state index is 12.2.